The summed E-state index contributed by atoms with van der Waals surface area (Å²) in [6.45, 7) is 1.95. The van der Waals surface area contributed by atoms with Crippen LogP contribution in [0.25, 0.3) is 0 Å². The smallest absolute Gasteiger partial charge is 0.396 e. The second-order valence-corrected chi connectivity index (χ2v) is 3.58. The molecule has 1 aromatic carbocycles. The SMILES string of the molecule is CCOC(=O)C(=O)NCc1cc(OC)ccc1OC. The van der Waals surface area contributed by atoms with E-state index in [4.69, 9.17) is 9.47 Å². The van der Waals surface area contributed by atoms with Crippen LogP contribution >= 0.6 is 0 Å². The average molecular weight is 267 g/mol. The van der Waals surface area contributed by atoms with Gasteiger partial charge in [0.05, 0.1) is 20.8 Å². The standard InChI is InChI=1S/C13H17NO5/c1-4-19-13(16)12(15)14-8-9-7-10(17-2)5-6-11(9)18-3/h5-7H,4,8H2,1-3H3,(H,14,15). The molecule has 1 rings (SSSR count). The highest BCUT2D eigenvalue weighted by Gasteiger charge is 2.15. The van der Waals surface area contributed by atoms with Crippen molar-refractivity contribution in [2.24, 2.45) is 0 Å². The minimum absolute atomic E-state index is 0.151. The van der Waals surface area contributed by atoms with Gasteiger partial charge in [0.1, 0.15) is 11.5 Å². The second kappa shape index (κ2) is 7.25. The summed E-state index contributed by atoms with van der Waals surface area (Å²) >= 11 is 0. The van der Waals surface area contributed by atoms with Gasteiger partial charge in [-0.25, -0.2) is 4.79 Å². The summed E-state index contributed by atoms with van der Waals surface area (Å²) in [5.41, 5.74) is 0.708. The van der Waals surface area contributed by atoms with Gasteiger partial charge in [-0.3, -0.25) is 4.79 Å². The van der Waals surface area contributed by atoms with Crippen molar-refractivity contribution in [2.45, 2.75) is 13.5 Å². The van der Waals surface area contributed by atoms with Crippen molar-refractivity contribution in [3.8, 4) is 11.5 Å². The number of nitrogens with one attached hydrogen (secondary N) is 1. The van der Waals surface area contributed by atoms with Gasteiger partial charge in [-0.05, 0) is 25.1 Å². The third-order valence-corrected chi connectivity index (χ3v) is 2.39. The summed E-state index contributed by atoms with van der Waals surface area (Å²) in [4.78, 5) is 22.6. The Hall–Kier alpha value is -2.24. The molecule has 0 saturated heterocycles. The summed E-state index contributed by atoms with van der Waals surface area (Å²) in [5, 5.41) is 2.46. The molecule has 19 heavy (non-hydrogen) atoms. The number of carbonyl (C=O) groups is 2. The highest BCUT2D eigenvalue weighted by atomic mass is 16.5. The first kappa shape index (κ1) is 14.8. The monoisotopic (exact) mass is 267 g/mol. The molecule has 0 heterocycles. The molecule has 104 valence electrons. The molecule has 0 unspecified atom stereocenters. The van der Waals surface area contributed by atoms with Crippen LogP contribution in [0, 0.1) is 0 Å². The summed E-state index contributed by atoms with van der Waals surface area (Å²) in [6.07, 6.45) is 0. The maximum atomic E-state index is 11.4. The van der Waals surface area contributed by atoms with Crippen LogP contribution in [0.3, 0.4) is 0 Å². The number of benzene rings is 1. The number of hydrogen-bond acceptors (Lipinski definition) is 5. The van der Waals surface area contributed by atoms with Crippen molar-refractivity contribution in [2.75, 3.05) is 20.8 Å². The van der Waals surface area contributed by atoms with Crippen LogP contribution in [-0.4, -0.2) is 32.7 Å². The van der Waals surface area contributed by atoms with E-state index < -0.39 is 11.9 Å². The number of ether oxygens (including phenoxy) is 3. The number of carbonyl (C=O) groups excluding carboxylic acids is 2. The fourth-order valence-corrected chi connectivity index (χ4v) is 1.46. The van der Waals surface area contributed by atoms with Crippen LogP contribution in [0.5, 0.6) is 11.5 Å². The molecule has 0 fully saturated rings. The van der Waals surface area contributed by atoms with E-state index in [9.17, 15) is 9.59 Å². The molecule has 0 saturated carbocycles. The zero-order valence-corrected chi connectivity index (χ0v) is 11.2. The first-order valence-corrected chi connectivity index (χ1v) is 5.78. The van der Waals surface area contributed by atoms with E-state index in [1.165, 1.54) is 7.11 Å². The number of esters is 1. The highest BCUT2D eigenvalue weighted by Crippen LogP contribution is 2.23. The Morgan fingerprint density at radius 2 is 1.95 bits per heavy atom. The van der Waals surface area contributed by atoms with Crippen LogP contribution in [0.4, 0.5) is 0 Å². The van der Waals surface area contributed by atoms with E-state index in [1.807, 2.05) is 0 Å². The third kappa shape index (κ3) is 4.17. The van der Waals surface area contributed by atoms with Crippen molar-refractivity contribution in [1.82, 2.24) is 5.32 Å². The van der Waals surface area contributed by atoms with Crippen LogP contribution in [0.15, 0.2) is 18.2 Å². The zero-order valence-electron chi connectivity index (χ0n) is 11.2. The fourth-order valence-electron chi connectivity index (χ4n) is 1.46. The number of hydrogen-bond donors (Lipinski definition) is 1. The number of amides is 1. The highest BCUT2D eigenvalue weighted by molar-refractivity contribution is 6.32. The van der Waals surface area contributed by atoms with Crippen molar-refractivity contribution in [3.05, 3.63) is 23.8 Å². The Morgan fingerprint density at radius 1 is 1.21 bits per heavy atom. The predicted octanol–water partition coefficient (Wildman–Crippen LogP) is 0.883. The van der Waals surface area contributed by atoms with Crippen LogP contribution < -0.4 is 14.8 Å². The lowest BCUT2D eigenvalue weighted by Gasteiger charge is -2.11. The molecular weight excluding hydrogens is 250 g/mol. The molecule has 0 spiro atoms. The van der Waals surface area contributed by atoms with Gasteiger partial charge in [-0.15, -0.1) is 0 Å². The molecule has 1 amide bonds. The summed E-state index contributed by atoms with van der Waals surface area (Å²) < 4.78 is 14.8. The van der Waals surface area contributed by atoms with Gasteiger partial charge in [-0.2, -0.15) is 0 Å². The minimum atomic E-state index is -0.899. The molecule has 0 bridgehead atoms. The van der Waals surface area contributed by atoms with Crippen molar-refractivity contribution >= 4 is 11.9 Å². The van der Waals surface area contributed by atoms with Gasteiger partial charge >= 0.3 is 11.9 Å². The molecule has 0 atom stereocenters. The lowest BCUT2D eigenvalue weighted by atomic mass is 10.2. The molecule has 1 aromatic rings. The van der Waals surface area contributed by atoms with Gasteiger partial charge in [0.15, 0.2) is 0 Å². The van der Waals surface area contributed by atoms with E-state index in [-0.39, 0.29) is 13.2 Å². The Morgan fingerprint density at radius 3 is 2.53 bits per heavy atom. The minimum Gasteiger partial charge on any atom is -0.497 e. The second-order valence-electron chi connectivity index (χ2n) is 3.58. The molecule has 0 aromatic heterocycles. The first-order chi connectivity index (χ1) is 9.12. The third-order valence-electron chi connectivity index (χ3n) is 2.39. The van der Waals surface area contributed by atoms with Gasteiger partial charge in [0, 0.05) is 12.1 Å². The Balaban J connectivity index is 2.70. The lowest BCUT2D eigenvalue weighted by molar-refractivity contribution is -0.154. The lowest BCUT2D eigenvalue weighted by Crippen LogP contribution is -2.32. The molecule has 6 nitrogen and oxygen atoms in total. The average Bonchev–Trinajstić information content (AvgIpc) is 2.44. The van der Waals surface area contributed by atoms with E-state index in [1.54, 1.807) is 32.2 Å². The largest absolute Gasteiger partial charge is 0.497 e. The van der Waals surface area contributed by atoms with E-state index >= 15 is 0 Å². The zero-order chi connectivity index (χ0) is 14.3. The number of methoxy groups -OCH3 is 2. The Kier molecular flexibility index (Phi) is 5.66. The van der Waals surface area contributed by atoms with Crippen LogP contribution in [-0.2, 0) is 20.9 Å². The van der Waals surface area contributed by atoms with E-state index in [0.717, 1.165) is 0 Å². The molecule has 1 N–H and O–H groups in total. The van der Waals surface area contributed by atoms with Gasteiger partial charge in [-0.1, -0.05) is 0 Å². The first-order valence-electron chi connectivity index (χ1n) is 5.78. The van der Waals surface area contributed by atoms with Gasteiger partial charge < -0.3 is 19.5 Å². The van der Waals surface area contributed by atoms with Crippen LogP contribution in [0.2, 0.25) is 0 Å². The van der Waals surface area contributed by atoms with E-state index in [0.29, 0.717) is 17.1 Å². The van der Waals surface area contributed by atoms with Crippen molar-refractivity contribution in [1.29, 1.82) is 0 Å². The van der Waals surface area contributed by atoms with Crippen molar-refractivity contribution in [3.63, 3.8) is 0 Å². The Bertz CT molecular complexity index is 458. The van der Waals surface area contributed by atoms with Crippen LogP contribution in [0.1, 0.15) is 12.5 Å². The Labute approximate surface area is 111 Å². The number of rotatable bonds is 5. The molecule has 0 radical (unpaired) electrons. The molecule has 6 heteroatoms. The maximum absolute atomic E-state index is 11.4. The van der Waals surface area contributed by atoms with Gasteiger partial charge in [0.25, 0.3) is 0 Å². The van der Waals surface area contributed by atoms with E-state index in [2.05, 4.69) is 10.1 Å². The summed E-state index contributed by atoms with van der Waals surface area (Å²) in [7, 11) is 3.07. The normalized spacial score (nSPS) is 9.63. The predicted molar refractivity (Wildman–Crippen MR) is 68.0 cm³/mol. The quantitative estimate of drug-likeness (QED) is 0.633. The summed E-state index contributed by atoms with van der Waals surface area (Å²) in [5.74, 6) is -0.442. The summed E-state index contributed by atoms with van der Waals surface area (Å²) in [6, 6.07) is 5.20. The fraction of sp³-hybridized carbons (Fsp3) is 0.385. The molecule has 0 aliphatic heterocycles. The molecule has 0 aliphatic carbocycles. The van der Waals surface area contributed by atoms with Crippen molar-refractivity contribution < 1.29 is 23.8 Å². The topological polar surface area (TPSA) is 73.9 Å². The maximum Gasteiger partial charge on any atom is 0.396 e. The van der Waals surface area contributed by atoms with Gasteiger partial charge in [0.2, 0.25) is 0 Å². The molecule has 0 aliphatic rings. The molecular formula is C13H17NO5.